The van der Waals surface area contributed by atoms with Crippen molar-refractivity contribution in [3.8, 4) is 23.0 Å². The van der Waals surface area contributed by atoms with Crippen LogP contribution in [0, 0.1) is 11.6 Å². The first kappa shape index (κ1) is 50.2. The van der Waals surface area contributed by atoms with Gasteiger partial charge in [0.25, 0.3) is 11.8 Å². The Morgan fingerprint density at radius 1 is 0.737 bits per heavy atom. The number of aliphatic carboxylic acids is 2. The number of β-lactam (4-membered cyclic amide) rings is 2. The molecule has 6 aliphatic rings. The number of amides is 4. The number of carbonyl (C=O) groups excluding carboxylic acids is 5. The number of fused-ring (bicyclic) bond motifs is 8. The van der Waals surface area contributed by atoms with Crippen molar-refractivity contribution >= 4 is 86.8 Å². The normalized spacial score (nSPS) is 23.0. The fraction of sp³-hybridized carbons (Fsp3) is 0.212. The zero-order valence-corrected chi connectivity index (χ0v) is 42.3. The van der Waals surface area contributed by atoms with Crippen molar-refractivity contribution in [3.05, 3.63) is 174 Å². The van der Waals surface area contributed by atoms with Crippen molar-refractivity contribution in [3.63, 3.8) is 0 Å². The summed E-state index contributed by atoms with van der Waals surface area (Å²) in [6, 6.07) is 15.9. The number of thioether (sulfide) groups is 1. The van der Waals surface area contributed by atoms with Crippen molar-refractivity contribution in [2.45, 2.75) is 41.3 Å². The minimum absolute atomic E-state index is 0.00217. The molecule has 0 saturated carbocycles. The fourth-order valence-electron chi connectivity index (χ4n) is 9.84. The lowest BCUT2D eigenvalue weighted by atomic mass is 9.77. The van der Waals surface area contributed by atoms with E-state index in [-0.39, 0.29) is 106 Å². The summed E-state index contributed by atoms with van der Waals surface area (Å²) in [4.78, 5) is 93.8. The van der Waals surface area contributed by atoms with Gasteiger partial charge in [-0.25, -0.2) is 23.2 Å². The number of rotatable bonds is 16. The molecule has 3 aromatic carbocycles. The lowest BCUT2D eigenvalue weighted by molar-refractivity contribution is -0.150. The number of nitrogens with zero attached hydrogens (tertiary/aromatic N) is 2. The predicted molar refractivity (Wildman–Crippen MR) is 270 cm³/mol. The molecule has 4 N–H and O–H groups in total. The van der Waals surface area contributed by atoms with Gasteiger partial charge >= 0.3 is 17.9 Å². The van der Waals surface area contributed by atoms with Gasteiger partial charge in [0.1, 0.15) is 58.9 Å². The summed E-state index contributed by atoms with van der Waals surface area (Å²) in [5.41, 5.74) is -1.90. The molecule has 0 aliphatic carbocycles. The summed E-state index contributed by atoms with van der Waals surface area (Å²) in [7, 11) is -1.82. The van der Waals surface area contributed by atoms with Crippen molar-refractivity contribution in [2.75, 3.05) is 24.7 Å². The molecule has 11 rings (SSSR count). The molecule has 5 aromatic rings. The van der Waals surface area contributed by atoms with E-state index in [2.05, 4.69) is 10.6 Å². The first-order valence-electron chi connectivity index (χ1n) is 23.1. The van der Waals surface area contributed by atoms with Gasteiger partial charge in [-0.3, -0.25) is 33.2 Å². The van der Waals surface area contributed by atoms with E-state index in [1.807, 2.05) is 11.4 Å². The van der Waals surface area contributed by atoms with Crippen LogP contribution < -0.4 is 24.8 Å². The Morgan fingerprint density at radius 2 is 1.29 bits per heavy atom. The number of hydrogen-bond donors (Lipinski definition) is 4. The van der Waals surface area contributed by atoms with Crippen molar-refractivity contribution in [2.24, 2.45) is 0 Å². The van der Waals surface area contributed by atoms with Crippen LogP contribution in [0.2, 0.25) is 0 Å². The van der Waals surface area contributed by atoms with E-state index in [0.29, 0.717) is 0 Å². The van der Waals surface area contributed by atoms with Crippen LogP contribution in [0.4, 0.5) is 8.78 Å². The van der Waals surface area contributed by atoms with E-state index >= 15 is 8.78 Å². The third-order valence-electron chi connectivity index (χ3n) is 13.1. The molecule has 2 saturated heterocycles. The third-order valence-corrected chi connectivity index (χ3v) is 17.8. The molecule has 0 bridgehead atoms. The molecule has 18 nitrogen and oxygen atoms in total. The summed E-state index contributed by atoms with van der Waals surface area (Å²) >= 11 is 4.02. The molecular weight excluding hydrogens is 1070 g/mol. The Kier molecular flexibility index (Phi) is 13.2. The third kappa shape index (κ3) is 8.72. The van der Waals surface area contributed by atoms with Crippen LogP contribution in [-0.2, 0) is 62.7 Å². The van der Waals surface area contributed by atoms with Crippen LogP contribution in [0.5, 0.6) is 23.0 Å². The van der Waals surface area contributed by atoms with E-state index in [4.69, 9.17) is 18.9 Å². The van der Waals surface area contributed by atoms with E-state index in [0.717, 1.165) is 31.7 Å². The quantitative estimate of drug-likeness (QED) is 0.0704. The number of carbonyl (C=O) groups is 7. The molecule has 388 valence electrons. The zero-order chi connectivity index (χ0) is 53.2. The molecule has 76 heavy (non-hydrogen) atoms. The second-order valence-electron chi connectivity index (χ2n) is 17.7. The Morgan fingerprint density at radius 3 is 1.87 bits per heavy atom. The molecule has 2 fully saturated rings. The molecule has 24 heteroatoms. The molecular formula is C52H38F2N4O14S4. The second kappa shape index (κ2) is 20.0. The number of allylic oxidation sites excluding steroid dienone is 2. The highest BCUT2D eigenvalue weighted by Gasteiger charge is 2.58. The van der Waals surface area contributed by atoms with Gasteiger partial charge < -0.3 is 39.8 Å². The second-order valence-corrected chi connectivity index (χ2v) is 22.4. The lowest BCUT2D eigenvalue weighted by Crippen LogP contribution is -2.73. The number of carboxylic acids is 2. The minimum Gasteiger partial charge on any atom is -0.486 e. The zero-order valence-electron chi connectivity index (χ0n) is 39.0. The van der Waals surface area contributed by atoms with Gasteiger partial charge in [-0.2, -0.15) is 0 Å². The van der Waals surface area contributed by atoms with E-state index in [9.17, 15) is 48.0 Å². The molecule has 6 aliphatic heterocycles. The maximum absolute atomic E-state index is 16.2. The fourth-order valence-corrected chi connectivity index (χ4v) is 14.2. The van der Waals surface area contributed by atoms with Crippen LogP contribution >= 0.6 is 34.4 Å². The van der Waals surface area contributed by atoms with Crippen LogP contribution in [0.3, 0.4) is 0 Å². The van der Waals surface area contributed by atoms with Gasteiger partial charge in [0.2, 0.25) is 11.8 Å². The Hall–Kier alpha value is -7.93. The number of ether oxygens (including phenoxy) is 4. The number of benzene rings is 3. The monoisotopic (exact) mass is 1110 g/mol. The van der Waals surface area contributed by atoms with Gasteiger partial charge in [0.15, 0.2) is 28.7 Å². The number of thiophene rings is 2. The first-order valence-corrected chi connectivity index (χ1v) is 27.3. The summed E-state index contributed by atoms with van der Waals surface area (Å²) in [5.74, 6) is -8.51. The van der Waals surface area contributed by atoms with Gasteiger partial charge in [0, 0.05) is 33.2 Å². The average Bonchev–Trinajstić information content (AvgIpc) is 4.33. The highest BCUT2D eigenvalue weighted by Crippen LogP contribution is 2.58. The molecule has 8 heterocycles. The van der Waals surface area contributed by atoms with Crippen LogP contribution in [0.15, 0.2) is 130 Å². The van der Waals surface area contributed by atoms with Crippen molar-refractivity contribution < 1.29 is 75.7 Å². The number of hydrogen-bond acceptors (Lipinski definition) is 15. The Labute approximate surface area is 443 Å². The number of nitrogens with one attached hydrogen (secondary N) is 2. The van der Waals surface area contributed by atoms with Crippen molar-refractivity contribution in [1.29, 1.82) is 0 Å². The lowest BCUT2D eigenvalue weighted by Gasteiger charge is -2.49. The summed E-state index contributed by atoms with van der Waals surface area (Å²) in [6.07, 6.45) is 5.61. The standard InChI is InChI=1S/C52H38F2N4O14S4/c53-33-19-31-35(21-37(33)69-13-3-7-25-23-75-47-41(45(61)57(47)43(25)49(63)64)55-39(59)17-27-9-5-15-73-27)71-36-22-38(34(54)20-32(36)52(31)30-12-2-1-11-29(30)51(67)72-52)70-14-4-8-26-24-76(68)48-42(46(62)58(48)44(26)50(65)66)56-40(60)18-28-10-6-16-74-28/h1-12,15-16,19-22,41-42,47-48H,13-14,17-18,23-24H2,(H,55,59)(H,56,60)(H,63,64)(H,65,66)/b7-3+,8-4+/t41?,42?,47?,48?,52?,76-/m0/s1. The van der Waals surface area contributed by atoms with Gasteiger partial charge in [-0.05, 0) is 64.4 Å². The van der Waals surface area contributed by atoms with Gasteiger partial charge in [-0.15, -0.1) is 34.4 Å². The topological polar surface area (TPSA) is 244 Å². The number of halogens is 2. The molecule has 5 unspecified atom stereocenters. The summed E-state index contributed by atoms with van der Waals surface area (Å²) < 4.78 is 69.8. The average molecular weight is 1110 g/mol. The summed E-state index contributed by atoms with van der Waals surface area (Å²) in [5, 5.41) is 27.5. The maximum atomic E-state index is 16.2. The first-order chi connectivity index (χ1) is 36.6. The highest BCUT2D eigenvalue weighted by atomic mass is 32.2. The van der Waals surface area contributed by atoms with Gasteiger partial charge in [0.05, 0.1) is 46.1 Å². The van der Waals surface area contributed by atoms with E-state index in [1.165, 1.54) is 76.9 Å². The molecule has 1 spiro atoms. The van der Waals surface area contributed by atoms with Crippen LogP contribution in [-0.4, -0.2) is 113 Å². The predicted octanol–water partition coefficient (Wildman–Crippen LogP) is 5.50. The number of esters is 1. The van der Waals surface area contributed by atoms with Crippen LogP contribution in [0.1, 0.15) is 36.8 Å². The minimum atomic E-state index is -1.92. The smallest absolute Gasteiger partial charge is 0.352 e. The van der Waals surface area contributed by atoms with Crippen molar-refractivity contribution in [1.82, 2.24) is 20.4 Å². The molecule has 0 radical (unpaired) electrons. The SMILES string of the molecule is O=C(Cc1cccs1)NC1C(=O)N2C(C(=O)O)=C(/C=C/COc3cc4c(cc3F)C3(OC(=O)c5ccccc53)c3cc(F)c(OC/C=C/C5=C(C(=O)O)N6C(=O)C(NC(=O)Cc7cccs7)C6[S@@](=O)C5)cc3O4)CSC12. The Bertz CT molecular complexity index is 3490. The largest absolute Gasteiger partial charge is 0.486 e. The van der Waals surface area contributed by atoms with E-state index < -0.39 is 92.2 Å². The molecule has 2 aromatic heterocycles. The summed E-state index contributed by atoms with van der Waals surface area (Å²) in [6.45, 7) is -0.669. The highest BCUT2D eigenvalue weighted by molar-refractivity contribution is 8.00. The van der Waals surface area contributed by atoms with Crippen LogP contribution in [0.25, 0.3) is 0 Å². The van der Waals surface area contributed by atoms with E-state index in [1.54, 1.807) is 41.8 Å². The van der Waals surface area contributed by atoms with Gasteiger partial charge in [-0.1, -0.05) is 42.5 Å². The maximum Gasteiger partial charge on any atom is 0.352 e. The molecule has 6 atom stereocenters. The number of carboxylic acid groups (broad SMARTS) is 2. The molecule has 4 amide bonds. The Balaban J connectivity index is 0.804.